The van der Waals surface area contributed by atoms with Gasteiger partial charge < -0.3 is 5.32 Å². The number of hydrogen-bond donors (Lipinski definition) is 1. The van der Waals surface area contributed by atoms with Crippen LogP contribution in [-0.2, 0) is 0 Å². The topological polar surface area (TPSA) is 29.1 Å². The Kier molecular flexibility index (Phi) is 4.14. The molecule has 0 aliphatic heterocycles. The molecule has 0 atom stereocenters. The molecule has 0 amide bonds. The highest BCUT2D eigenvalue weighted by molar-refractivity contribution is 6.04. The number of allylic oxidation sites excluding steroid dienone is 1. The van der Waals surface area contributed by atoms with Crippen molar-refractivity contribution in [2.45, 2.75) is 13.8 Å². The first-order chi connectivity index (χ1) is 9.15. The predicted octanol–water partition coefficient (Wildman–Crippen LogP) is 4.11. The zero-order valence-electron chi connectivity index (χ0n) is 11.2. The third-order valence-corrected chi connectivity index (χ3v) is 2.87. The van der Waals surface area contributed by atoms with Crippen molar-refractivity contribution < 1.29 is 4.79 Å². The van der Waals surface area contributed by atoms with Crippen LogP contribution in [0.3, 0.4) is 0 Å². The Hall–Kier alpha value is -2.35. The fraction of sp³-hybridized carbons (Fsp3) is 0.118. The van der Waals surface area contributed by atoms with Crippen molar-refractivity contribution in [3.8, 4) is 0 Å². The molecule has 0 bridgehead atoms. The second-order valence-electron chi connectivity index (χ2n) is 4.57. The number of hydrogen-bond acceptors (Lipinski definition) is 2. The molecular weight excluding hydrogens is 234 g/mol. The Morgan fingerprint density at radius 3 is 2.00 bits per heavy atom. The van der Waals surface area contributed by atoms with E-state index in [1.54, 1.807) is 12.3 Å². The lowest BCUT2D eigenvalue weighted by atomic mass is 10.1. The number of nitrogens with one attached hydrogen (secondary N) is 1. The number of aryl methyl sites for hydroxylation is 2. The van der Waals surface area contributed by atoms with E-state index >= 15 is 0 Å². The smallest absolute Gasteiger partial charge is 0.187 e. The van der Waals surface area contributed by atoms with Gasteiger partial charge in [-0.05, 0) is 26.0 Å². The Bertz CT molecular complexity index is 580. The van der Waals surface area contributed by atoms with Crippen molar-refractivity contribution in [2.24, 2.45) is 0 Å². The van der Waals surface area contributed by atoms with Crippen LogP contribution < -0.4 is 5.32 Å². The minimum absolute atomic E-state index is 0.000360. The van der Waals surface area contributed by atoms with Gasteiger partial charge in [-0.2, -0.15) is 0 Å². The van der Waals surface area contributed by atoms with Crippen molar-refractivity contribution in [2.75, 3.05) is 5.32 Å². The molecule has 0 radical (unpaired) electrons. The minimum Gasteiger partial charge on any atom is -0.362 e. The maximum Gasteiger partial charge on any atom is 0.187 e. The van der Waals surface area contributed by atoms with E-state index in [1.165, 1.54) is 5.56 Å². The summed E-state index contributed by atoms with van der Waals surface area (Å²) in [5.74, 6) is -0.000360. The van der Waals surface area contributed by atoms with E-state index in [4.69, 9.17) is 0 Å². The third-order valence-electron chi connectivity index (χ3n) is 2.87. The maximum atomic E-state index is 11.9. The van der Waals surface area contributed by atoms with Crippen molar-refractivity contribution in [1.29, 1.82) is 0 Å². The highest BCUT2D eigenvalue weighted by Crippen LogP contribution is 2.09. The van der Waals surface area contributed by atoms with E-state index in [9.17, 15) is 4.79 Å². The van der Waals surface area contributed by atoms with Crippen LogP contribution in [0.2, 0.25) is 0 Å². The van der Waals surface area contributed by atoms with Gasteiger partial charge >= 0.3 is 0 Å². The number of benzene rings is 2. The summed E-state index contributed by atoms with van der Waals surface area (Å²) in [6, 6.07) is 15.6. The summed E-state index contributed by atoms with van der Waals surface area (Å²) < 4.78 is 0. The molecule has 0 aliphatic rings. The van der Waals surface area contributed by atoms with E-state index in [-0.39, 0.29) is 5.78 Å². The highest BCUT2D eigenvalue weighted by atomic mass is 16.1. The molecule has 2 nitrogen and oxygen atoms in total. The van der Waals surface area contributed by atoms with E-state index < -0.39 is 0 Å². The second-order valence-corrected chi connectivity index (χ2v) is 4.57. The van der Waals surface area contributed by atoms with Crippen LogP contribution in [0.1, 0.15) is 21.5 Å². The van der Waals surface area contributed by atoms with Gasteiger partial charge in [0, 0.05) is 23.5 Å². The molecule has 2 aromatic rings. The van der Waals surface area contributed by atoms with E-state index in [1.807, 2.05) is 62.4 Å². The lowest BCUT2D eigenvalue weighted by Crippen LogP contribution is -1.96. The monoisotopic (exact) mass is 251 g/mol. The summed E-state index contributed by atoms with van der Waals surface area (Å²) in [4.78, 5) is 11.9. The number of ketones is 1. The number of anilines is 1. The quantitative estimate of drug-likeness (QED) is 0.654. The number of carbonyl (C=O) groups excluding carboxylic acids is 1. The van der Waals surface area contributed by atoms with E-state index in [0.29, 0.717) is 5.56 Å². The Morgan fingerprint density at radius 1 is 0.895 bits per heavy atom. The van der Waals surface area contributed by atoms with E-state index in [2.05, 4.69) is 5.32 Å². The molecule has 0 saturated carbocycles. The van der Waals surface area contributed by atoms with Crippen LogP contribution in [0, 0.1) is 13.8 Å². The number of carbonyl (C=O) groups is 1. The normalized spacial score (nSPS) is 10.6. The van der Waals surface area contributed by atoms with Gasteiger partial charge in [-0.3, -0.25) is 4.79 Å². The third kappa shape index (κ3) is 3.81. The standard InChI is InChI=1S/C17H17NO/c1-13-3-7-15(8-4-13)17(19)11-12-18-16-9-5-14(2)6-10-16/h3-12,18H,1-2H3. The van der Waals surface area contributed by atoms with Crippen molar-refractivity contribution in [1.82, 2.24) is 0 Å². The summed E-state index contributed by atoms with van der Waals surface area (Å²) in [5, 5.41) is 3.08. The lowest BCUT2D eigenvalue weighted by molar-refractivity contribution is 0.104. The number of rotatable bonds is 4. The fourth-order valence-electron chi connectivity index (χ4n) is 1.68. The van der Waals surface area contributed by atoms with Crippen LogP contribution >= 0.6 is 0 Å². The highest BCUT2D eigenvalue weighted by Gasteiger charge is 1.99. The van der Waals surface area contributed by atoms with Crippen molar-refractivity contribution in [3.63, 3.8) is 0 Å². The first-order valence-corrected chi connectivity index (χ1v) is 6.26. The molecule has 96 valence electrons. The molecule has 0 saturated heterocycles. The molecule has 0 fully saturated rings. The Labute approximate surface area is 113 Å². The molecule has 0 unspecified atom stereocenters. The van der Waals surface area contributed by atoms with Crippen LogP contribution in [0.4, 0.5) is 5.69 Å². The van der Waals surface area contributed by atoms with Crippen LogP contribution in [-0.4, -0.2) is 5.78 Å². The summed E-state index contributed by atoms with van der Waals surface area (Å²) in [6.45, 7) is 4.05. The largest absolute Gasteiger partial charge is 0.362 e. The minimum atomic E-state index is -0.000360. The Morgan fingerprint density at radius 2 is 1.42 bits per heavy atom. The molecule has 19 heavy (non-hydrogen) atoms. The lowest BCUT2D eigenvalue weighted by Gasteiger charge is -2.01. The first-order valence-electron chi connectivity index (χ1n) is 6.26. The molecule has 0 aliphatic carbocycles. The Balaban J connectivity index is 1.97. The molecular formula is C17H17NO. The van der Waals surface area contributed by atoms with Gasteiger partial charge in [-0.25, -0.2) is 0 Å². The molecule has 0 spiro atoms. The van der Waals surface area contributed by atoms with Gasteiger partial charge in [-0.15, -0.1) is 0 Å². The molecule has 0 aromatic heterocycles. The van der Waals surface area contributed by atoms with Gasteiger partial charge in [0.15, 0.2) is 5.78 Å². The zero-order valence-corrected chi connectivity index (χ0v) is 11.2. The van der Waals surface area contributed by atoms with Crippen molar-refractivity contribution >= 4 is 11.5 Å². The van der Waals surface area contributed by atoms with Gasteiger partial charge in [0.05, 0.1) is 0 Å². The molecule has 2 rings (SSSR count). The average Bonchev–Trinajstić information content (AvgIpc) is 2.41. The van der Waals surface area contributed by atoms with Gasteiger partial charge in [-0.1, -0.05) is 47.5 Å². The average molecular weight is 251 g/mol. The van der Waals surface area contributed by atoms with Crippen LogP contribution in [0.25, 0.3) is 0 Å². The maximum absolute atomic E-state index is 11.9. The SMILES string of the molecule is Cc1ccc(NC=CC(=O)c2ccc(C)cc2)cc1. The summed E-state index contributed by atoms with van der Waals surface area (Å²) >= 11 is 0. The zero-order chi connectivity index (χ0) is 13.7. The van der Waals surface area contributed by atoms with Crippen LogP contribution in [0.5, 0.6) is 0 Å². The fourth-order valence-corrected chi connectivity index (χ4v) is 1.68. The van der Waals surface area contributed by atoms with E-state index in [0.717, 1.165) is 11.3 Å². The van der Waals surface area contributed by atoms with Gasteiger partial charge in [0.2, 0.25) is 0 Å². The molecule has 2 heteroatoms. The predicted molar refractivity (Wildman–Crippen MR) is 79.5 cm³/mol. The first kappa shape index (κ1) is 13.1. The molecule has 2 aromatic carbocycles. The van der Waals surface area contributed by atoms with Gasteiger partial charge in [0.25, 0.3) is 0 Å². The summed E-state index contributed by atoms with van der Waals surface area (Å²) in [5.41, 5.74) is 4.04. The summed E-state index contributed by atoms with van der Waals surface area (Å²) in [7, 11) is 0. The van der Waals surface area contributed by atoms with Crippen molar-refractivity contribution in [3.05, 3.63) is 77.5 Å². The summed E-state index contributed by atoms with van der Waals surface area (Å²) in [6.07, 6.45) is 3.22. The van der Waals surface area contributed by atoms with Gasteiger partial charge in [0.1, 0.15) is 0 Å². The molecule has 0 heterocycles. The van der Waals surface area contributed by atoms with Crippen LogP contribution in [0.15, 0.2) is 60.8 Å². The molecule has 1 N–H and O–H groups in total. The second kappa shape index (κ2) is 6.01.